The summed E-state index contributed by atoms with van der Waals surface area (Å²) in [6, 6.07) is 15.4. The Morgan fingerprint density at radius 2 is 1.74 bits per heavy atom. The van der Waals surface area contributed by atoms with Gasteiger partial charge in [-0.3, -0.25) is 19.1 Å². The second kappa shape index (κ2) is 13.8. The van der Waals surface area contributed by atoms with Gasteiger partial charge in [-0.15, -0.1) is 0 Å². The lowest BCUT2D eigenvalue weighted by Crippen LogP contribution is -2.57. The molecule has 4 fully saturated rings. The highest BCUT2D eigenvalue weighted by Crippen LogP contribution is 2.48. The van der Waals surface area contributed by atoms with Crippen LogP contribution in [0.1, 0.15) is 70.6 Å². The zero-order chi connectivity index (χ0) is 35.0. The lowest BCUT2D eigenvalue weighted by atomic mass is 10.0. The average Bonchev–Trinajstić information content (AvgIpc) is 4.04. The summed E-state index contributed by atoms with van der Waals surface area (Å²) in [4.78, 5) is 48.1. The fraction of sp³-hybridized carbons (Fsp3) is 0.514. The normalized spacial score (nSPS) is 27.7. The molecule has 7 rings (SSSR count). The number of nitrogens with one attached hydrogen (secondary N) is 2. The molecule has 3 heterocycles. The number of nitrogens with zero attached hydrogens (tertiary/aromatic N) is 2. The van der Waals surface area contributed by atoms with E-state index in [1.807, 2.05) is 54.6 Å². The number of benzene rings is 2. The van der Waals surface area contributed by atoms with Crippen molar-refractivity contribution in [2.75, 3.05) is 13.7 Å². The van der Waals surface area contributed by atoms with Crippen LogP contribution in [0.3, 0.4) is 0 Å². The molecular formula is C37H45N5O7S. The monoisotopic (exact) mass is 703 g/mol. The Labute approximate surface area is 292 Å². The first-order valence-corrected chi connectivity index (χ1v) is 19.3. The molecule has 266 valence electrons. The second-order valence-corrected chi connectivity index (χ2v) is 16.2. The third-order valence-corrected chi connectivity index (χ3v) is 12.4. The molecule has 0 radical (unpaired) electrons. The standard InChI is InChI=1S/C37H45N5O7S/c1-48-25-14-17-28-31(18-25)39-30(23-10-6-5-7-11-23)20-33(28)49-26-19-32-34(43)40-37(36(45)41-50(46,47)27-15-16-27)21-24(37)12-8-3-2-4-9-13-29(38)35(44)42(32)22-26/h5-7,10-11,14,17-18,20,24,26-27,29,32H,2-4,8-9,12-13,15-16,19,21-22,38H2,1H3,(H,40,43)(H,41,45)/t24?,26-,29+,32+,37-/m1/s1. The van der Waals surface area contributed by atoms with Crippen molar-refractivity contribution in [2.24, 2.45) is 11.7 Å². The number of hydrogen-bond acceptors (Lipinski definition) is 9. The second-order valence-electron chi connectivity index (χ2n) is 14.2. The summed E-state index contributed by atoms with van der Waals surface area (Å²) in [5, 5.41) is 3.12. The number of aromatic nitrogens is 1. The molecule has 0 bridgehead atoms. The first-order chi connectivity index (χ1) is 24.1. The lowest BCUT2D eigenvalue weighted by molar-refractivity contribution is -0.140. The fourth-order valence-corrected chi connectivity index (χ4v) is 8.85. The molecule has 13 heteroatoms. The highest BCUT2D eigenvalue weighted by Gasteiger charge is 2.62. The molecule has 1 unspecified atom stereocenters. The van der Waals surface area contributed by atoms with E-state index in [4.69, 9.17) is 20.2 Å². The summed E-state index contributed by atoms with van der Waals surface area (Å²) < 4.78 is 39.9. The summed E-state index contributed by atoms with van der Waals surface area (Å²) in [5.41, 5.74) is 7.35. The molecule has 2 saturated carbocycles. The Morgan fingerprint density at radius 1 is 1.00 bits per heavy atom. The van der Waals surface area contributed by atoms with Gasteiger partial charge in [0.2, 0.25) is 21.8 Å². The average molecular weight is 704 g/mol. The van der Waals surface area contributed by atoms with Crippen molar-refractivity contribution in [1.82, 2.24) is 19.9 Å². The van der Waals surface area contributed by atoms with Crippen molar-refractivity contribution in [1.29, 1.82) is 0 Å². The van der Waals surface area contributed by atoms with E-state index >= 15 is 0 Å². The van der Waals surface area contributed by atoms with Gasteiger partial charge in [-0.2, -0.15) is 0 Å². The van der Waals surface area contributed by atoms with Gasteiger partial charge in [0.1, 0.15) is 29.2 Å². The quantitative estimate of drug-likeness (QED) is 0.331. The number of carbonyl (C=O) groups excluding carboxylic acids is 3. The summed E-state index contributed by atoms with van der Waals surface area (Å²) >= 11 is 0. The van der Waals surface area contributed by atoms with Gasteiger partial charge in [0.05, 0.1) is 36.2 Å². The van der Waals surface area contributed by atoms with Crippen LogP contribution in [0.5, 0.6) is 11.5 Å². The third kappa shape index (κ3) is 7.02. The van der Waals surface area contributed by atoms with Crippen molar-refractivity contribution in [3.8, 4) is 22.8 Å². The van der Waals surface area contributed by atoms with Gasteiger partial charge in [0.15, 0.2) is 0 Å². The van der Waals surface area contributed by atoms with Gasteiger partial charge < -0.3 is 25.4 Å². The van der Waals surface area contributed by atoms with E-state index in [9.17, 15) is 22.8 Å². The Hall–Kier alpha value is -4.23. The molecule has 4 aliphatic rings. The maximum Gasteiger partial charge on any atom is 0.259 e. The summed E-state index contributed by atoms with van der Waals surface area (Å²) in [6.45, 7) is 0.115. The largest absolute Gasteiger partial charge is 0.497 e. The van der Waals surface area contributed by atoms with Crippen LogP contribution < -0.4 is 25.2 Å². The van der Waals surface area contributed by atoms with Crippen LogP contribution in [0.4, 0.5) is 0 Å². The highest BCUT2D eigenvalue weighted by molar-refractivity contribution is 7.91. The molecule has 50 heavy (non-hydrogen) atoms. The van der Waals surface area contributed by atoms with Gasteiger partial charge in [0, 0.05) is 29.5 Å². The lowest BCUT2D eigenvalue weighted by Gasteiger charge is -2.28. The maximum atomic E-state index is 14.2. The number of rotatable bonds is 7. The first kappa shape index (κ1) is 34.2. The molecule has 3 amide bonds. The van der Waals surface area contributed by atoms with Crippen molar-refractivity contribution in [2.45, 2.75) is 99.6 Å². The van der Waals surface area contributed by atoms with Crippen molar-refractivity contribution in [3.05, 3.63) is 54.6 Å². The summed E-state index contributed by atoms with van der Waals surface area (Å²) in [7, 11) is -2.23. The van der Waals surface area contributed by atoms with Crippen LogP contribution in [-0.4, -0.2) is 78.7 Å². The van der Waals surface area contributed by atoms with Crippen LogP contribution in [-0.2, 0) is 24.4 Å². The molecular weight excluding hydrogens is 659 g/mol. The number of fused-ring (bicyclic) bond motifs is 3. The maximum absolute atomic E-state index is 14.2. The Balaban J connectivity index is 1.19. The molecule has 2 aliphatic heterocycles. The molecule has 2 saturated heterocycles. The molecule has 2 aliphatic carbocycles. The van der Waals surface area contributed by atoms with E-state index in [1.54, 1.807) is 7.11 Å². The van der Waals surface area contributed by atoms with Gasteiger partial charge in [-0.25, -0.2) is 13.4 Å². The zero-order valence-corrected chi connectivity index (χ0v) is 29.1. The first-order valence-electron chi connectivity index (χ1n) is 17.7. The van der Waals surface area contributed by atoms with E-state index in [-0.39, 0.29) is 24.8 Å². The predicted octanol–water partition coefficient (Wildman–Crippen LogP) is 3.81. The molecule has 12 nitrogen and oxygen atoms in total. The summed E-state index contributed by atoms with van der Waals surface area (Å²) in [5.74, 6) is -0.554. The minimum atomic E-state index is -3.82. The Kier molecular flexibility index (Phi) is 9.46. The number of sulfonamides is 1. The number of pyridine rings is 1. The van der Waals surface area contributed by atoms with E-state index in [2.05, 4.69) is 10.0 Å². The van der Waals surface area contributed by atoms with E-state index in [0.29, 0.717) is 54.8 Å². The molecule has 5 atom stereocenters. The Morgan fingerprint density at radius 3 is 2.48 bits per heavy atom. The van der Waals surface area contributed by atoms with E-state index in [0.717, 1.165) is 43.1 Å². The molecule has 1 aromatic heterocycles. The van der Waals surface area contributed by atoms with Gasteiger partial charge in [-0.1, -0.05) is 62.4 Å². The van der Waals surface area contributed by atoms with Crippen molar-refractivity contribution >= 4 is 38.6 Å². The minimum absolute atomic E-state index is 0.115. The van der Waals surface area contributed by atoms with Crippen LogP contribution in [0, 0.1) is 5.92 Å². The highest BCUT2D eigenvalue weighted by atomic mass is 32.2. The van der Waals surface area contributed by atoms with Gasteiger partial charge in [-0.05, 0) is 50.2 Å². The number of hydrogen-bond donors (Lipinski definition) is 3. The molecule has 3 aromatic rings. The number of carbonyl (C=O) groups is 3. The summed E-state index contributed by atoms with van der Waals surface area (Å²) in [6.07, 6.45) is 6.64. The predicted molar refractivity (Wildman–Crippen MR) is 188 cm³/mol. The Bertz CT molecular complexity index is 1890. The van der Waals surface area contributed by atoms with Crippen LogP contribution in [0.15, 0.2) is 54.6 Å². The smallest absolute Gasteiger partial charge is 0.259 e. The van der Waals surface area contributed by atoms with Gasteiger partial charge in [0.25, 0.3) is 5.91 Å². The van der Waals surface area contributed by atoms with Crippen LogP contribution >= 0.6 is 0 Å². The van der Waals surface area contributed by atoms with Crippen molar-refractivity contribution < 1.29 is 32.3 Å². The van der Waals surface area contributed by atoms with Crippen LogP contribution in [0.25, 0.3) is 22.2 Å². The molecule has 0 spiro atoms. The number of amides is 3. The number of methoxy groups -OCH3 is 1. The minimum Gasteiger partial charge on any atom is -0.497 e. The van der Waals surface area contributed by atoms with E-state index < -0.39 is 50.8 Å². The van der Waals surface area contributed by atoms with Gasteiger partial charge >= 0.3 is 0 Å². The van der Waals surface area contributed by atoms with E-state index in [1.165, 1.54) is 4.90 Å². The molecule has 2 aromatic carbocycles. The van der Waals surface area contributed by atoms with Crippen molar-refractivity contribution in [3.63, 3.8) is 0 Å². The molecule has 4 N–H and O–H groups in total. The fourth-order valence-electron chi connectivity index (χ4n) is 7.49. The third-order valence-electron chi connectivity index (χ3n) is 10.6. The zero-order valence-electron chi connectivity index (χ0n) is 28.3. The number of ether oxygens (including phenoxy) is 2. The SMILES string of the molecule is COc1ccc2c(O[C@@H]3C[C@H]4C(=O)N[C@]5(C(=O)NS(=O)(=O)C6CC6)CC5CCCCCCC[C@H](N)C(=O)N4C3)cc(-c3ccccc3)nc2c1. The topological polar surface area (TPSA) is 170 Å². The number of nitrogens with two attached hydrogens (primary N) is 1. The van der Waals surface area contributed by atoms with Crippen LogP contribution in [0.2, 0.25) is 0 Å².